The lowest BCUT2D eigenvalue weighted by atomic mass is 9.63. The fourth-order valence-electron chi connectivity index (χ4n) is 7.17. The minimum Gasteiger partial charge on any atom is -0.206 e. The fraction of sp³-hybridized carbons (Fsp3) is 0.793. The van der Waals surface area contributed by atoms with Crippen molar-refractivity contribution < 1.29 is 4.39 Å². The van der Waals surface area contributed by atoms with Crippen LogP contribution in [0.2, 0.25) is 0 Å². The average molecular weight is 413 g/mol. The molecule has 4 rings (SSSR count). The van der Waals surface area contributed by atoms with Crippen molar-refractivity contribution in [1.29, 1.82) is 0 Å². The maximum Gasteiger partial charge on any atom is 0.130 e. The monoisotopic (exact) mass is 412 g/mol. The van der Waals surface area contributed by atoms with Gasteiger partial charge in [-0.2, -0.15) is 0 Å². The van der Waals surface area contributed by atoms with Crippen LogP contribution in [0.15, 0.2) is 12.1 Å². The van der Waals surface area contributed by atoms with Crippen LogP contribution in [0.3, 0.4) is 0 Å². The Morgan fingerprint density at radius 2 is 1.57 bits per heavy atom. The molecule has 0 nitrogen and oxygen atoms in total. The molecular weight excluding hydrogens is 367 g/mol. The number of hydrogen-bond donors (Lipinski definition) is 0. The molecule has 1 aromatic rings. The van der Waals surface area contributed by atoms with Gasteiger partial charge in [-0.05, 0) is 97.6 Å². The summed E-state index contributed by atoms with van der Waals surface area (Å²) in [4.78, 5) is 0. The summed E-state index contributed by atoms with van der Waals surface area (Å²) in [6.07, 6.45) is 21.0. The fourth-order valence-corrected chi connectivity index (χ4v) is 7.17. The Bertz CT molecular complexity index is 677. The summed E-state index contributed by atoms with van der Waals surface area (Å²) >= 11 is 0. The molecule has 1 heteroatoms. The number of halogens is 1. The Kier molecular flexibility index (Phi) is 7.93. The normalized spacial score (nSPS) is 31.2. The Morgan fingerprint density at radius 1 is 0.800 bits per heavy atom. The van der Waals surface area contributed by atoms with Crippen LogP contribution in [0, 0.1) is 29.5 Å². The Hall–Kier alpha value is -0.850. The number of fused-ring (bicyclic) bond motifs is 2. The Morgan fingerprint density at radius 3 is 2.40 bits per heavy atom. The van der Waals surface area contributed by atoms with E-state index in [0.29, 0.717) is 5.92 Å². The van der Waals surface area contributed by atoms with Crippen molar-refractivity contribution in [2.45, 2.75) is 122 Å². The van der Waals surface area contributed by atoms with Crippen molar-refractivity contribution in [1.82, 2.24) is 0 Å². The van der Waals surface area contributed by atoms with Gasteiger partial charge in [-0.3, -0.25) is 0 Å². The third kappa shape index (κ3) is 5.13. The van der Waals surface area contributed by atoms with E-state index in [4.69, 9.17) is 0 Å². The van der Waals surface area contributed by atoms with Crippen LogP contribution in [0.1, 0.15) is 126 Å². The molecule has 0 amide bonds. The highest BCUT2D eigenvalue weighted by molar-refractivity contribution is 5.38. The third-order valence-corrected chi connectivity index (χ3v) is 9.02. The summed E-state index contributed by atoms with van der Waals surface area (Å²) in [6.45, 7) is 4.58. The molecule has 0 N–H and O–H groups in total. The van der Waals surface area contributed by atoms with E-state index >= 15 is 4.39 Å². The zero-order chi connectivity index (χ0) is 20.9. The SMILES string of the molecule is CCCCCC1CCC2CC(c3ccc4c(c3F)CCC(CCCC)C4)CCC2C1. The van der Waals surface area contributed by atoms with Crippen LogP contribution in [-0.4, -0.2) is 0 Å². The molecule has 2 saturated carbocycles. The summed E-state index contributed by atoms with van der Waals surface area (Å²) in [5, 5.41) is 0. The van der Waals surface area contributed by atoms with Crippen LogP contribution in [0.5, 0.6) is 0 Å². The van der Waals surface area contributed by atoms with Crippen molar-refractivity contribution in [3.05, 3.63) is 34.6 Å². The first-order valence-electron chi connectivity index (χ1n) is 13.5. The molecule has 168 valence electrons. The smallest absolute Gasteiger partial charge is 0.130 e. The second-order valence-electron chi connectivity index (χ2n) is 11.1. The Balaban J connectivity index is 1.36. The lowest BCUT2D eigenvalue weighted by molar-refractivity contribution is 0.112. The largest absolute Gasteiger partial charge is 0.206 e. The molecule has 1 aromatic carbocycles. The predicted octanol–water partition coefficient (Wildman–Crippen LogP) is 9.00. The summed E-state index contributed by atoms with van der Waals surface area (Å²) in [6, 6.07) is 4.50. The minimum absolute atomic E-state index is 0.193. The van der Waals surface area contributed by atoms with E-state index < -0.39 is 0 Å². The van der Waals surface area contributed by atoms with Crippen LogP contribution >= 0.6 is 0 Å². The highest BCUT2D eigenvalue weighted by Gasteiger charge is 2.37. The molecule has 5 unspecified atom stereocenters. The van der Waals surface area contributed by atoms with Gasteiger partial charge in [0.1, 0.15) is 5.82 Å². The first-order chi connectivity index (χ1) is 14.7. The summed E-state index contributed by atoms with van der Waals surface area (Å²) in [5.74, 6) is 4.23. The molecule has 3 aliphatic carbocycles. The van der Waals surface area contributed by atoms with E-state index in [1.165, 1.54) is 95.5 Å². The molecule has 3 aliphatic rings. The maximum absolute atomic E-state index is 15.6. The van der Waals surface area contributed by atoms with Gasteiger partial charge in [0.2, 0.25) is 0 Å². The quantitative estimate of drug-likeness (QED) is 0.374. The van der Waals surface area contributed by atoms with Crippen molar-refractivity contribution in [3.63, 3.8) is 0 Å². The summed E-state index contributed by atoms with van der Waals surface area (Å²) < 4.78 is 15.6. The molecule has 2 fully saturated rings. The second kappa shape index (κ2) is 10.6. The van der Waals surface area contributed by atoms with Crippen LogP contribution in [-0.2, 0) is 12.8 Å². The Labute approximate surface area is 185 Å². The van der Waals surface area contributed by atoms with Crippen molar-refractivity contribution >= 4 is 0 Å². The zero-order valence-corrected chi connectivity index (χ0v) is 19.7. The van der Waals surface area contributed by atoms with Crippen molar-refractivity contribution in [2.24, 2.45) is 23.7 Å². The maximum atomic E-state index is 15.6. The van der Waals surface area contributed by atoms with E-state index in [9.17, 15) is 0 Å². The molecule has 5 atom stereocenters. The molecule has 0 radical (unpaired) electrons. The lowest BCUT2D eigenvalue weighted by Gasteiger charge is -2.42. The van der Waals surface area contributed by atoms with Gasteiger partial charge in [0, 0.05) is 0 Å². The molecule has 0 aromatic heterocycles. The van der Waals surface area contributed by atoms with Crippen LogP contribution < -0.4 is 0 Å². The summed E-state index contributed by atoms with van der Waals surface area (Å²) in [7, 11) is 0. The molecular formula is C29H45F. The van der Waals surface area contributed by atoms with Gasteiger partial charge >= 0.3 is 0 Å². The van der Waals surface area contributed by atoms with E-state index in [0.717, 1.165) is 47.6 Å². The first kappa shape index (κ1) is 22.3. The highest BCUT2D eigenvalue weighted by atomic mass is 19.1. The topological polar surface area (TPSA) is 0 Å². The first-order valence-corrected chi connectivity index (χ1v) is 13.5. The van der Waals surface area contributed by atoms with E-state index in [1.54, 1.807) is 0 Å². The number of rotatable bonds is 8. The number of unbranched alkanes of at least 4 members (excludes halogenated alkanes) is 3. The van der Waals surface area contributed by atoms with E-state index in [2.05, 4.69) is 26.0 Å². The van der Waals surface area contributed by atoms with Crippen molar-refractivity contribution in [2.75, 3.05) is 0 Å². The van der Waals surface area contributed by atoms with Gasteiger partial charge in [-0.25, -0.2) is 4.39 Å². The van der Waals surface area contributed by atoms with Crippen molar-refractivity contribution in [3.8, 4) is 0 Å². The molecule has 0 spiro atoms. The van der Waals surface area contributed by atoms with Crippen LogP contribution in [0.25, 0.3) is 0 Å². The van der Waals surface area contributed by atoms with Crippen LogP contribution in [0.4, 0.5) is 4.39 Å². The number of benzene rings is 1. The van der Waals surface area contributed by atoms with Gasteiger partial charge in [-0.15, -0.1) is 0 Å². The van der Waals surface area contributed by atoms with Gasteiger partial charge in [0.05, 0.1) is 0 Å². The standard InChI is InChI=1S/C29H45F/c1-3-5-7-9-22-10-12-24-20-26(14-13-23(24)18-22)28-17-15-25-19-21(8-6-4-2)11-16-27(25)29(28)30/h15,17,21-24,26H,3-14,16,18-20H2,1-2H3. The predicted molar refractivity (Wildman–Crippen MR) is 126 cm³/mol. The van der Waals surface area contributed by atoms with E-state index in [-0.39, 0.29) is 5.82 Å². The molecule has 30 heavy (non-hydrogen) atoms. The zero-order valence-electron chi connectivity index (χ0n) is 19.7. The minimum atomic E-state index is 0.193. The third-order valence-electron chi connectivity index (χ3n) is 9.02. The number of hydrogen-bond acceptors (Lipinski definition) is 0. The molecule has 0 aliphatic heterocycles. The summed E-state index contributed by atoms with van der Waals surface area (Å²) in [5.41, 5.74) is 3.48. The van der Waals surface area contributed by atoms with Gasteiger partial charge in [0.25, 0.3) is 0 Å². The lowest BCUT2D eigenvalue weighted by Crippen LogP contribution is -2.31. The van der Waals surface area contributed by atoms with E-state index in [1.807, 2.05) is 0 Å². The second-order valence-corrected chi connectivity index (χ2v) is 11.1. The van der Waals surface area contributed by atoms with Gasteiger partial charge < -0.3 is 0 Å². The average Bonchev–Trinajstić information content (AvgIpc) is 2.78. The highest BCUT2D eigenvalue weighted by Crippen LogP contribution is 2.49. The van der Waals surface area contributed by atoms with Gasteiger partial charge in [0.15, 0.2) is 0 Å². The molecule has 0 saturated heterocycles. The molecule has 0 heterocycles. The molecule has 0 bridgehead atoms. The van der Waals surface area contributed by atoms with Gasteiger partial charge in [-0.1, -0.05) is 77.3 Å².